The number of aliphatic imine (C=N–C) groups is 1. The van der Waals surface area contributed by atoms with Crippen molar-refractivity contribution in [3.63, 3.8) is 0 Å². The van der Waals surface area contributed by atoms with Crippen molar-refractivity contribution < 1.29 is 4.74 Å². The largest absolute Gasteiger partial charge is 0.496 e. The van der Waals surface area contributed by atoms with E-state index in [1.54, 1.807) is 7.11 Å². The third-order valence-corrected chi connectivity index (χ3v) is 5.41. The van der Waals surface area contributed by atoms with Gasteiger partial charge in [0.05, 0.1) is 24.1 Å². The molecule has 0 radical (unpaired) electrons. The number of rotatable bonds is 4. The summed E-state index contributed by atoms with van der Waals surface area (Å²) in [5, 5.41) is 0. The fourth-order valence-corrected chi connectivity index (χ4v) is 3.94. The van der Waals surface area contributed by atoms with Gasteiger partial charge < -0.3 is 9.72 Å². The first-order valence-corrected chi connectivity index (χ1v) is 9.65. The molecule has 1 aromatic heterocycles. The number of H-pyrrole nitrogens is 1. The predicted octanol–water partition coefficient (Wildman–Crippen LogP) is 2.62. The molecule has 6 heteroatoms. The van der Waals surface area contributed by atoms with Crippen LogP contribution < -0.4 is 10.3 Å². The molecular formula is C21H26N4O2. The molecule has 1 N–H and O–H groups in total. The zero-order chi connectivity index (χ0) is 18.8. The Morgan fingerprint density at radius 3 is 2.89 bits per heavy atom. The molecule has 6 nitrogen and oxygen atoms in total. The third-order valence-electron chi connectivity index (χ3n) is 5.41. The molecule has 0 atom stereocenters. The average Bonchev–Trinajstić information content (AvgIpc) is 2.69. The number of ether oxygens (including phenoxy) is 1. The first kappa shape index (κ1) is 17.9. The van der Waals surface area contributed by atoms with Crippen molar-refractivity contribution in [1.82, 2.24) is 14.9 Å². The zero-order valence-corrected chi connectivity index (χ0v) is 16.0. The number of fused-ring (bicyclic) bond motifs is 1. The van der Waals surface area contributed by atoms with Crippen LogP contribution in [0.2, 0.25) is 0 Å². The summed E-state index contributed by atoms with van der Waals surface area (Å²) in [7, 11) is 1.69. The molecule has 0 unspecified atom stereocenters. The molecule has 2 aliphatic rings. The van der Waals surface area contributed by atoms with E-state index in [0.29, 0.717) is 12.4 Å². The van der Waals surface area contributed by atoms with Gasteiger partial charge in [-0.25, -0.2) is 4.98 Å². The molecule has 2 aliphatic heterocycles. The van der Waals surface area contributed by atoms with Crippen molar-refractivity contribution in [2.24, 2.45) is 4.99 Å². The van der Waals surface area contributed by atoms with Crippen molar-refractivity contribution in [3.05, 3.63) is 56.8 Å². The number of hydrogen-bond donors (Lipinski definition) is 1. The van der Waals surface area contributed by atoms with Gasteiger partial charge in [-0.15, -0.1) is 0 Å². The lowest BCUT2D eigenvalue weighted by atomic mass is 10.0. The smallest absolute Gasteiger partial charge is 0.255 e. The minimum Gasteiger partial charge on any atom is -0.496 e. The maximum atomic E-state index is 12.7. The predicted molar refractivity (Wildman–Crippen MR) is 106 cm³/mol. The van der Waals surface area contributed by atoms with Gasteiger partial charge in [-0.05, 0) is 43.4 Å². The van der Waals surface area contributed by atoms with E-state index < -0.39 is 0 Å². The Kier molecular flexibility index (Phi) is 5.07. The molecule has 3 heterocycles. The summed E-state index contributed by atoms with van der Waals surface area (Å²) in [6.07, 6.45) is 3.95. The lowest BCUT2D eigenvalue weighted by Crippen LogP contribution is -2.36. The van der Waals surface area contributed by atoms with E-state index in [9.17, 15) is 4.79 Å². The number of aryl methyl sites for hydroxylation is 1. The highest BCUT2D eigenvalue weighted by Crippen LogP contribution is 2.22. The average molecular weight is 366 g/mol. The van der Waals surface area contributed by atoms with Gasteiger partial charge in [0.25, 0.3) is 5.56 Å². The van der Waals surface area contributed by atoms with Crippen LogP contribution >= 0.6 is 0 Å². The fraction of sp³-hybridized carbons (Fsp3) is 0.476. The van der Waals surface area contributed by atoms with Gasteiger partial charge in [-0.2, -0.15) is 0 Å². The molecule has 2 aromatic rings. The van der Waals surface area contributed by atoms with Crippen molar-refractivity contribution >= 4 is 5.71 Å². The van der Waals surface area contributed by atoms with Crippen LogP contribution in [0.1, 0.15) is 47.5 Å². The minimum absolute atomic E-state index is 0.0149. The second-order valence-corrected chi connectivity index (χ2v) is 7.39. The van der Waals surface area contributed by atoms with Crippen LogP contribution in [0, 0.1) is 6.92 Å². The van der Waals surface area contributed by atoms with Crippen LogP contribution in [0.3, 0.4) is 0 Å². The summed E-state index contributed by atoms with van der Waals surface area (Å²) in [6.45, 7) is 5.25. The van der Waals surface area contributed by atoms with Gasteiger partial charge >= 0.3 is 0 Å². The van der Waals surface area contributed by atoms with Gasteiger partial charge in [0, 0.05) is 32.6 Å². The second-order valence-electron chi connectivity index (χ2n) is 7.39. The Hall–Kier alpha value is -2.47. The Morgan fingerprint density at radius 1 is 1.26 bits per heavy atom. The van der Waals surface area contributed by atoms with Crippen molar-refractivity contribution in [2.45, 2.75) is 45.7 Å². The van der Waals surface area contributed by atoms with Gasteiger partial charge in [-0.1, -0.05) is 12.1 Å². The number of nitrogens with zero attached hydrogens (tertiary/aromatic N) is 3. The summed E-state index contributed by atoms with van der Waals surface area (Å²) in [5.74, 6) is 1.58. The lowest BCUT2D eigenvalue weighted by molar-refractivity contribution is 0.241. The molecule has 1 aromatic carbocycles. The molecule has 142 valence electrons. The highest BCUT2D eigenvalue weighted by Gasteiger charge is 2.22. The van der Waals surface area contributed by atoms with Gasteiger partial charge in [0.15, 0.2) is 5.82 Å². The lowest BCUT2D eigenvalue weighted by Gasteiger charge is -2.28. The van der Waals surface area contributed by atoms with Crippen molar-refractivity contribution in [1.29, 1.82) is 0 Å². The molecule has 0 fully saturated rings. The molecule has 0 spiro atoms. The SMILES string of the molecule is COc1ccc(CN2CCc3nc(C4=NCCCC4)[nH]c(=O)c3C2)cc1C. The van der Waals surface area contributed by atoms with Crippen molar-refractivity contribution in [2.75, 3.05) is 20.2 Å². The second kappa shape index (κ2) is 7.64. The molecule has 27 heavy (non-hydrogen) atoms. The Morgan fingerprint density at radius 2 is 2.15 bits per heavy atom. The van der Waals surface area contributed by atoms with E-state index in [1.807, 2.05) is 6.07 Å². The maximum absolute atomic E-state index is 12.7. The monoisotopic (exact) mass is 366 g/mol. The molecule has 4 rings (SSSR count). The maximum Gasteiger partial charge on any atom is 0.255 e. The van der Waals surface area contributed by atoms with Crippen LogP contribution in [-0.4, -0.2) is 40.8 Å². The van der Waals surface area contributed by atoms with E-state index in [4.69, 9.17) is 9.72 Å². The zero-order valence-electron chi connectivity index (χ0n) is 16.0. The summed E-state index contributed by atoms with van der Waals surface area (Å²) in [4.78, 5) is 27.2. The molecule has 0 bridgehead atoms. The summed E-state index contributed by atoms with van der Waals surface area (Å²) in [5.41, 5.74) is 5.03. The Bertz CT molecular complexity index is 932. The molecule has 0 aliphatic carbocycles. The minimum atomic E-state index is -0.0149. The first-order valence-electron chi connectivity index (χ1n) is 9.65. The molecular weight excluding hydrogens is 340 g/mol. The van der Waals surface area contributed by atoms with Crippen LogP contribution in [0.4, 0.5) is 0 Å². The quantitative estimate of drug-likeness (QED) is 0.903. The van der Waals surface area contributed by atoms with Gasteiger partial charge in [0.1, 0.15) is 5.75 Å². The molecule has 0 saturated carbocycles. The Balaban J connectivity index is 1.52. The molecule has 0 amide bonds. The van der Waals surface area contributed by atoms with E-state index in [0.717, 1.165) is 73.6 Å². The number of nitrogens with one attached hydrogen (secondary N) is 1. The van der Waals surface area contributed by atoms with Crippen LogP contribution in [0.15, 0.2) is 28.0 Å². The number of benzene rings is 1. The third kappa shape index (κ3) is 3.81. The Labute approximate surface area is 159 Å². The number of aromatic amines is 1. The van der Waals surface area contributed by atoms with E-state index >= 15 is 0 Å². The molecule has 0 saturated heterocycles. The summed E-state index contributed by atoms with van der Waals surface area (Å²) >= 11 is 0. The van der Waals surface area contributed by atoms with E-state index in [2.05, 4.69) is 33.9 Å². The number of aromatic nitrogens is 2. The van der Waals surface area contributed by atoms with Crippen LogP contribution in [0.25, 0.3) is 0 Å². The van der Waals surface area contributed by atoms with E-state index in [1.165, 1.54) is 5.56 Å². The normalized spacial score (nSPS) is 17.3. The fourth-order valence-electron chi connectivity index (χ4n) is 3.94. The standard InChI is InChI=1S/C21H26N4O2/c1-14-11-15(6-7-19(14)27-2)12-25-10-8-17-16(13-25)21(26)24-20(23-17)18-5-3-4-9-22-18/h6-7,11H,3-5,8-10,12-13H2,1-2H3,(H,23,24,26). The van der Waals surface area contributed by atoms with Gasteiger partial charge in [0.2, 0.25) is 0 Å². The van der Waals surface area contributed by atoms with Crippen LogP contribution in [-0.2, 0) is 19.5 Å². The van der Waals surface area contributed by atoms with E-state index in [-0.39, 0.29) is 5.56 Å². The topological polar surface area (TPSA) is 70.6 Å². The first-order chi connectivity index (χ1) is 13.1. The highest BCUT2D eigenvalue weighted by atomic mass is 16.5. The number of methoxy groups -OCH3 is 1. The summed E-state index contributed by atoms with van der Waals surface area (Å²) in [6, 6.07) is 6.25. The number of hydrogen-bond acceptors (Lipinski definition) is 5. The van der Waals surface area contributed by atoms with Gasteiger partial charge in [-0.3, -0.25) is 14.7 Å². The van der Waals surface area contributed by atoms with Crippen molar-refractivity contribution in [3.8, 4) is 5.75 Å². The highest BCUT2D eigenvalue weighted by molar-refractivity contribution is 5.97. The summed E-state index contributed by atoms with van der Waals surface area (Å²) < 4.78 is 5.34. The van der Waals surface area contributed by atoms with Crippen LogP contribution in [0.5, 0.6) is 5.75 Å².